The van der Waals surface area contributed by atoms with Crippen LogP contribution in [0.5, 0.6) is 5.75 Å². The van der Waals surface area contributed by atoms with Gasteiger partial charge in [-0.1, -0.05) is 6.07 Å². The number of sulfone groups is 1. The molecule has 3 aromatic rings. The maximum Gasteiger partial charge on any atom is 0.404 e. The number of hydrogen-bond donors (Lipinski definition) is 2. The van der Waals surface area contributed by atoms with Crippen LogP contribution in [-0.4, -0.2) is 38.3 Å². The molecule has 2 heterocycles. The van der Waals surface area contributed by atoms with E-state index in [0.29, 0.717) is 10.6 Å². The molecule has 0 aliphatic heterocycles. The molecule has 152 valence electrons. The summed E-state index contributed by atoms with van der Waals surface area (Å²) in [5.74, 6) is -0.412. The third-order valence-corrected chi connectivity index (χ3v) is 7.52. The lowest BCUT2D eigenvalue weighted by Crippen LogP contribution is -2.22. The summed E-state index contributed by atoms with van der Waals surface area (Å²) in [4.78, 5) is 14.9. The molecule has 0 bridgehead atoms. The van der Waals surface area contributed by atoms with Crippen molar-refractivity contribution in [1.82, 2.24) is 10.3 Å². The Morgan fingerprint density at radius 1 is 1.24 bits per heavy atom. The monoisotopic (exact) mass is 436 g/mol. The van der Waals surface area contributed by atoms with Gasteiger partial charge in [0, 0.05) is 28.7 Å². The zero-order valence-electron chi connectivity index (χ0n) is 15.3. The minimum atomic E-state index is -3.98. The van der Waals surface area contributed by atoms with E-state index in [1.165, 1.54) is 37.6 Å². The number of aromatic nitrogens is 1. The van der Waals surface area contributed by atoms with Crippen LogP contribution >= 0.6 is 11.3 Å². The first-order valence-corrected chi connectivity index (χ1v) is 10.7. The highest BCUT2D eigenvalue weighted by Crippen LogP contribution is 2.39. The smallest absolute Gasteiger partial charge is 0.404 e. The fraction of sp³-hybridized carbons (Fsp3) is 0.158. The van der Waals surface area contributed by atoms with Crippen molar-refractivity contribution in [3.63, 3.8) is 0 Å². The molecule has 0 radical (unpaired) electrons. The number of benzene rings is 1. The fourth-order valence-electron chi connectivity index (χ4n) is 2.69. The maximum atomic E-state index is 14.3. The molecule has 0 aliphatic rings. The van der Waals surface area contributed by atoms with Crippen LogP contribution in [0.15, 0.2) is 57.8 Å². The van der Waals surface area contributed by atoms with Gasteiger partial charge in [0.2, 0.25) is 15.8 Å². The summed E-state index contributed by atoms with van der Waals surface area (Å²) < 4.78 is 46.0. The number of thiophene rings is 1. The molecule has 0 spiro atoms. The van der Waals surface area contributed by atoms with E-state index in [-0.39, 0.29) is 33.2 Å². The van der Waals surface area contributed by atoms with Gasteiger partial charge in [0.05, 0.1) is 12.0 Å². The van der Waals surface area contributed by atoms with Crippen molar-refractivity contribution in [2.75, 3.05) is 13.7 Å². The predicted molar refractivity (Wildman–Crippen MR) is 106 cm³/mol. The zero-order chi connectivity index (χ0) is 21.0. The Bertz CT molecular complexity index is 1150. The second kappa shape index (κ2) is 8.58. The molecule has 0 saturated heterocycles. The zero-order valence-corrected chi connectivity index (χ0v) is 16.9. The van der Waals surface area contributed by atoms with Crippen molar-refractivity contribution in [2.45, 2.75) is 15.5 Å². The van der Waals surface area contributed by atoms with Crippen LogP contribution in [0.4, 0.5) is 9.18 Å². The summed E-state index contributed by atoms with van der Waals surface area (Å²) in [5, 5.41) is 10.9. The quantitative estimate of drug-likeness (QED) is 0.548. The van der Waals surface area contributed by atoms with Crippen molar-refractivity contribution >= 4 is 27.3 Å². The van der Waals surface area contributed by atoms with E-state index in [4.69, 9.17) is 9.84 Å². The van der Waals surface area contributed by atoms with Crippen LogP contribution in [0.1, 0.15) is 4.88 Å². The fourth-order valence-corrected chi connectivity index (χ4v) is 5.84. The van der Waals surface area contributed by atoms with Crippen molar-refractivity contribution in [3.8, 4) is 16.9 Å². The number of carboxylic acid groups (broad SMARTS) is 1. The van der Waals surface area contributed by atoms with Gasteiger partial charge in [0.1, 0.15) is 9.96 Å². The number of ether oxygens (including phenoxy) is 1. The second-order valence-electron chi connectivity index (χ2n) is 5.92. The average Bonchev–Trinajstić information content (AvgIpc) is 3.13. The number of nitrogens with one attached hydrogen (secondary N) is 1. The predicted octanol–water partition coefficient (Wildman–Crippen LogP) is 3.60. The Morgan fingerprint density at radius 3 is 2.72 bits per heavy atom. The summed E-state index contributed by atoms with van der Waals surface area (Å²) in [6.45, 7) is 0.101. The highest BCUT2D eigenvalue weighted by atomic mass is 32.2. The number of halogens is 1. The van der Waals surface area contributed by atoms with E-state index < -0.39 is 21.9 Å². The summed E-state index contributed by atoms with van der Waals surface area (Å²) in [6.07, 6.45) is 0.364. The molecule has 1 aromatic carbocycles. The van der Waals surface area contributed by atoms with Gasteiger partial charge in [-0.2, -0.15) is 4.39 Å². The van der Waals surface area contributed by atoms with Gasteiger partial charge in [-0.05, 0) is 42.8 Å². The maximum absolute atomic E-state index is 14.3. The van der Waals surface area contributed by atoms with E-state index >= 15 is 0 Å². The lowest BCUT2D eigenvalue weighted by molar-refractivity contribution is 0.194. The first-order valence-electron chi connectivity index (χ1n) is 8.42. The van der Waals surface area contributed by atoms with Gasteiger partial charge in [0.15, 0.2) is 0 Å². The second-order valence-corrected chi connectivity index (χ2v) is 9.20. The Labute approximate surface area is 170 Å². The summed E-state index contributed by atoms with van der Waals surface area (Å²) in [7, 11) is -2.55. The molecule has 0 aliphatic carbocycles. The summed E-state index contributed by atoms with van der Waals surface area (Å²) in [5.41, 5.74) is 0.247. The highest BCUT2D eigenvalue weighted by Gasteiger charge is 2.27. The molecule has 2 aromatic heterocycles. The molecule has 0 saturated carbocycles. The lowest BCUT2D eigenvalue weighted by Gasteiger charge is -2.08. The van der Waals surface area contributed by atoms with Crippen LogP contribution in [0, 0.1) is 5.95 Å². The molecule has 7 nitrogen and oxygen atoms in total. The van der Waals surface area contributed by atoms with Crippen molar-refractivity contribution in [1.29, 1.82) is 0 Å². The lowest BCUT2D eigenvalue weighted by atomic mass is 10.1. The third kappa shape index (κ3) is 4.54. The van der Waals surface area contributed by atoms with Crippen LogP contribution < -0.4 is 10.1 Å². The molecule has 1 amide bonds. The van der Waals surface area contributed by atoms with E-state index in [2.05, 4.69) is 10.3 Å². The Balaban J connectivity index is 2.11. The topological polar surface area (TPSA) is 106 Å². The molecule has 29 heavy (non-hydrogen) atoms. The molecular weight excluding hydrogens is 419 g/mol. The number of amides is 1. The first-order chi connectivity index (χ1) is 13.8. The Morgan fingerprint density at radius 2 is 2.03 bits per heavy atom. The van der Waals surface area contributed by atoms with Crippen LogP contribution in [0.3, 0.4) is 0 Å². The standard InChI is InChI=1S/C19H17FN2O5S2/c1-27-12-4-2-5-14(10-12)29(25,26)18-16(15-6-3-8-21-17(15)20)11-13(28-18)7-9-22-19(23)24/h2-6,8,10-11,22H,7,9H2,1H3,(H,23,24). The van der Waals surface area contributed by atoms with Crippen LogP contribution in [-0.2, 0) is 16.3 Å². The average molecular weight is 436 g/mol. The van der Waals surface area contributed by atoms with Gasteiger partial charge >= 0.3 is 6.09 Å². The number of methoxy groups -OCH3 is 1. The van der Waals surface area contributed by atoms with Gasteiger partial charge < -0.3 is 15.2 Å². The molecule has 10 heteroatoms. The number of hydrogen-bond acceptors (Lipinski definition) is 6. The molecule has 3 rings (SSSR count). The number of rotatable bonds is 7. The van der Waals surface area contributed by atoms with Crippen molar-refractivity contribution in [3.05, 3.63) is 59.5 Å². The SMILES string of the molecule is COc1cccc(S(=O)(=O)c2sc(CCNC(=O)O)cc2-c2cccnc2F)c1. The molecular formula is C19H17FN2O5S2. The normalized spacial score (nSPS) is 11.2. The molecule has 2 N–H and O–H groups in total. The number of nitrogens with zero attached hydrogens (tertiary/aromatic N) is 1. The van der Waals surface area contributed by atoms with E-state index in [0.717, 1.165) is 11.3 Å². The Kier molecular flexibility index (Phi) is 6.14. The van der Waals surface area contributed by atoms with E-state index in [1.54, 1.807) is 18.2 Å². The Hall–Kier alpha value is -2.98. The minimum Gasteiger partial charge on any atom is -0.497 e. The molecule has 0 fully saturated rings. The minimum absolute atomic E-state index is 0.0134. The number of pyridine rings is 1. The highest BCUT2D eigenvalue weighted by molar-refractivity contribution is 7.93. The molecule has 0 unspecified atom stereocenters. The molecule has 0 atom stereocenters. The third-order valence-electron chi connectivity index (χ3n) is 4.04. The summed E-state index contributed by atoms with van der Waals surface area (Å²) >= 11 is 0.974. The van der Waals surface area contributed by atoms with E-state index in [9.17, 15) is 17.6 Å². The van der Waals surface area contributed by atoms with E-state index in [1.807, 2.05) is 0 Å². The summed E-state index contributed by atoms with van der Waals surface area (Å²) in [6, 6.07) is 10.5. The van der Waals surface area contributed by atoms with Gasteiger partial charge in [-0.25, -0.2) is 18.2 Å². The van der Waals surface area contributed by atoms with Crippen LogP contribution in [0.25, 0.3) is 11.1 Å². The number of carbonyl (C=O) groups is 1. The first kappa shape index (κ1) is 20.7. The van der Waals surface area contributed by atoms with Gasteiger partial charge in [-0.3, -0.25) is 0 Å². The van der Waals surface area contributed by atoms with Crippen molar-refractivity contribution < 1.29 is 27.4 Å². The van der Waals surface area contributed by atoms with Gasteiger partial charge in [-0.15, -0.1) is 11.3 Å². The van der Waals surface area contributed by atoms with Crippen molar-refractivity contribution in [2.24, 2.45) is 0 Å². The van der Waals surface area contributed by atoms with Gasteiger partial charge in [0.25, 0.3) is 0 Å². The largest absolute Gasteiger partial charge is 0.497 e. The van der Waals surface area contributed by atoms with Crippen LogP contribution in [0.2, 0.25) is 0 Å².